The van der Waals surface area contributed by atoms with Gasteiger partial charge in [0.15, 0.2) is 0 Å². The van der Waals surface area contributed by atoms with Gasteiger partial charge in [0.1, 0.15) is 12.6 Å². The number of anilines is 1. The molecule has 0 unspecified atom stereocenters. The molecular formula is C14H18N2O5. The van der Waals surface area contributed by atoms with Gasteiger partial charge in [-0.25, -0.2) is 0 Å². The van der Waals surface area contributed by atoms with E-state index in [0.717, 1.165) is 0 Å². The van der Waals surface area contributed by atoms with Crippen LogP contribution in [0.3, 0.4) is 0 Å². The van der Waals surface area contributed by atoms with Crippen molar-refractivity contribution >= 4 is 23.5 Å². The number of carbonyl (C=O) groups excluding carboxylic acids is 2. The van der Waals surface area contributed by atoms with Crippen LogP contribution in [-0.2, 0) is 25.7 Å². The maximum absolute atomic E-state index is 11.8. The highest BCUT2D eigenvalue weighted by molar-refractivity contribution is 5.91. The third-order valence-corrected chi connectivity index (χ3v) is 2.72. The molecule has 1 aromatic rings. The number of aliphatic carboxylic acids is 1. The van der Waals surface area contributed by atoms with Gasteiger partial charge in [-0.15, -0.1) is 0 Å². The van der Waals surface area contributed by atoms with E-state index in [4.69, 9.17) is 15.6 Å². The van der Waals surface area contributed by atoms with Crippen LogP contribution < -0.4 is 11.1 Å². The van der Waals surface area contributed by atoms with E-state index in [0.29, 0.717) is 11.3 Å². The van der Waals surface area contributed by atoms with Gasteiger partial charge in [-0.05, 0) is 12.5 Å². The Hall–Kier alpha value is -2.41. The van der Waals surface area contributed by atoms with Crippen LogP contribution in [0.15, 0.2) is 24.3 Å². The van der Waals surface area contributed by atoms with E-state index < -0.39 is 18.0 Å². The Bertz CT molecular complexity index is 530. The zero-order valence-electron chi connectivity index (χ0n) is 11.7. The summed E-state index contributed by atoms with van der Waals surface area (Å²) in [5, 5.41) is 11.3. The van der Waals surface area contributed by atoms with Crippen molar-refractivity contribution in [2.75, 3.05) is 5.32 Å². The second-order valence-electron chi connectivity index (χ2n) is 4.47. The first kappa shape index (κ1) is 16.6. The summed E-state index contributed by atoms with van der Waals surface area (Å²) >= 11 is 0. The summed E-state index contributed by atoms with van der Waals surface area (Å²) in [5.74, 6) is -1.90. The van der Waals surface area contributed by atoms with Gasteiger partial charge in [0.2, 0.25) is 5.91 Å². The number of para-hydroxylation sites is 1. The highest BCUT2D eigenvalue weighted by atomic mass is 16.5. The van der Waals surface area contributed by atoms with Crippen molar-refractivity contribution in [3.05, 3.63) is 29.8 Å². The van der Waals surface area contributed by atoms with Crippen LogP contribution in [-0.4, -0.2) is 29.0 Å². The van der Waals surface area contributed by atoms with Gasteiger partial charge in [0, 0.05) is 24.6 Å². The minimum atomic E-state index is -1.14. The van der Waals surface area contributed by atoms with E-state index in [-0.39, 0.29) is 25.4 Å². The summed E-state index contributed by atoms with van der Waals surface area (Å²) in [6.45, 7) is 1.36. The van der Waals surface area contributed by atoms with Gasteiger partial charge in [-0.3, -0.25) is 14.4 Å². The number of nitrogens with one attached hydrogen (secondary N) is 1. The molecule has 0 spiro atoms. The van der Waals surface area contributed by atoms with Crippen LogP contribution in [0.25, 0.3) is 0 Å². The highest BCUT2D eigenvalue weighted by Gasteiger charge is 2.14. The third-order valence-electron chi connectivity index (χ3n) is 2.72. The summed E-state index contributed by atoms with van der Waals surface area (Å²) < 4.78 is 4.89. The smallest absolute Gasteiger partial charge is 0.320 e. The van der Waals surface area contributed by atoms with Gasteiger partial charge >= 0.3 is 11.9 Å². The van der Waals surface area contributed by atoms with Gasteiger partial charge in [-0.2, -0.15) is 0 Å². The Labute approximate surface area is 122 Å². The summed E-state index contributed by atoms with van der Waals surface area (Å²) in [5.41, 5.74) is 6.51. The van der Waals surface area contributed by atoms with Crippen molar-refractivity contribution in [2.24, 2.45) is 5.73 Å². The number of carboxylic acids is 1. The first-order chi connectivity index (χ1) is 9.90. The fourth-order valence-corrected chi connectivity index (χ4v) is 1.57. The predicted molar refractivity (Wildman–Crippen MR) is 75.4 cm³/mol. The minimum Gasteiger partial charge on any atom is -0.480 e. The molecule has 1 atom stereocenters. The first-order valence-electron chi connectivity index (χ1n) is 6.39. The van der Waals surface area contributed by atoms with E-state index in [2.05, 4.69) is 5.32 Å². The number of carboxylic acid groups (broad SMARTS) is 1. The maximum Gasteiger partial charge on any atom is 0.320 e. The molecule has 0 bridgehead atoms. The van der Waals surface area contributed by atoms with Crippen LogP contribution in [0.5, 0.6) is 0 Å². The number of nitrogens with two attached hydrogens (primary N) is 1. The van der Waals surface area contributed by atoms with Gasteiger partial charge in [-0.1, -0.05) is 18.2 Å². The Balaban J connectivity index is 2.59. The standard InChI is InChI=1S/C14H18N2O5/c1-9(17)21-8-10-4-2-3-5-12(10)16-13(18)7-6-11(15)14(19)20/h2-5,11H,6-8,15H2,1H3,(H,16,18)(H,19,20)/t11-/m0/s1. The number of hydrogen-bond donors (Lipinski definition) is 3. The molecule has 0 heterocycles. The van der Waals surface area contributed by atoms with Crippen molar-refractivity contribution < 1.29 is 24.2 Å². The zero-order valence-corrected chi connectivity index (χ0v) is 11.7. The van der Waals surface area contributed by atoms with Crippen molar-refractivity contribution in [1.29, 1.82) is 0 Å². The molecule has 0 aromatic heterocycles. The molecule has 0 saturated heterocycles. The monoisotopic (exact) mass is 294 g/mol. The van der Waals surface area contributed by atoms with E-state index in [1.165, 1.54) is 6.92 Å². The Morgan fingerprint density at radius 2 is 2.00 bits per heavy atom. The molecule has 0 saturated carbocycles. The third kappa shape index (κ3) is 6.05. The fourth-order valence-electron chi connectivity index (χ4n) is 1.57. The largest absolute Gasteiger partial charge is 0.480 e. The van der Waals surface area contributed by atoms with E-state index in [1.54, 1.807) is 24.3 Å². The molecule has 0 aliphatic rings. The van der Waals surface area contributed by atoms with Crippen LogP contribution >= 0.6 is 0 Å². The quantitative estimate of drug-likeness (QED) is 0.642. The molecule has 7 nitrogen and oxygen atoms in total. The van der Waals surface area contributed by atoms with Crippen LogP contribution in [0, 0.1) is 0 Å². The molecule has 114 valence electrons. The van der Waals surface area contributed by atoms with Crippen molar-refractivity contribution in [3.63, 3.8) is 0 Å². The van der Waals surface area contributed by atoms with E-state index >= 15 is 0 Å². The van der Waals surface area contributed by atoms with Gasteiger partial charge in [0.05, 0.1) is 0 Å². The molecule has 1 aromatic carbocycles. The molecule has 0 fully saturated rings. The average Bonchev–Trinajstić information content (AvgIpc) is 2.43. The van der Waals surface area contributed by atoms with Crippen molar-refractivity contribution in [2.45, 2.75) is 32.4 Å². The maximum atomic E-state index is 11.8. The fraction of sp³-hybridized carbons (Fsp3) is 0.357. The van der Waals surface area contributed by atoms with Crippen LogP contribution in [0.1, 0.15) is 25.3 Å². The molecule has 1 amide bonds. The first-order valence-corrected chi connectivity index (χ1v) is 6.39. The Morgan fingerprint density at radius 1 is 1.33 bits per heavy atom. The van der Waals surface area contributed by atoms with E-state index in [9.17, 15) is 14.4 Å². The SMILES string of the molecule is CC(=O)OCc1ccccc1NC(=O)CC[C@H](N)C(=O)O. The van der Waals surface area contributed by atoms with Gasteiger partial charge in [0.25, 0.3) is 0 Å². The lowest BCUT2D eigenvalue weighted by molar-refractivity contribution is -0.142. The van der Waals surface area contributed by atoms with Crippen LogP contribution in [0.2, 0.25) is 0 Å². The summed E-state index contributed by atoms with van der Waals surface area (Å²) in [4.78, 5) is 33.1. The molecule has 21 heavy (non-hydrogen) atoms. The summed E-state index contributed by atoms with van der Waals surface area (Å²) in [6.07, 6.45) is 0.0443. The lowest BCUT2D eigenvalue weighted by Gasteiger charge is -2.11. The normalized spacial score (nSPS) is 11.5. The average molecular weight is 294 g/mol. The minimum absolute atomic E-state index is 0.00460. The summed E-state index contributed by atoms with van der Waals surface area (Å²) in [7, 11) is 0. The summed E-state index contributed by atoms with van der Waals surface area (Å²) in [6, 6.07) is 5.83. The number of hydrogen-bond acceptors (Lipinski definition) is 5. The lowest BCUT2D eigenvalue weighted by atomic mass is 10.1. The molecular weight excluding hydrogens is 276 g/mol. The predicted octanol–water partition coefficient (Wildman–Crippen LogP) is 0.880. The number of ether oxygens (including phenoxy) is 1. The molecule has 0 radical (unpaired) electrons. The second kappa shape index (κ2) is 8.01. The van der Waals surface area contributed by atoms with Crippen molar-refractivity contribution in [3.8, 4) is 0 Å². The molecule has 0 aliphatic carbocycles. The zero-order chi connectivity index (χ0) is 15.8. The topological polar surface area (TPSA) is 119 Å². The molecule has 7 heteroatoms. The number of benzene rings is 1. The second-order valence-corrected chi connectivity index (χ2v) is 4.47. The van der Waals surface area contributed by atoms with Crippen LogP contribution in [0.4, 0.5) is 5.69 Å². The lowest BCUT2D eigenvalue weighted by Crippen LogP contribution is -2.31. The van der Waals surface area contributed by atoms with Crippen molar-refractivity contribution in [1.82, 2.24) is 0 Å². The number of esters is 1. The highest BCUT2D eigenvalue weighted by Crippen LogP contribution is 2.16. The number of carbonyl (C=O) groups is 3. The van der Waals surface area contributed by atoms with E-state index in [1.807, 2.05) is 0 Å². The number of amides is 1. The number of rotatable bonds is 7. The van der Waals surface area contributed by atoms with Gasteiger partial charge < -0.3 is 20.9 Å². The molecule has 0 aliphatic heterocycles. The Kier molecular flexibility index (Phi) is 6.35. The Morgan fingerprint density at radius 3 is 2.62 bits per heavy atom. The molecule has 4 N–H and O–H groups in total. The molecule has 1 rings (SSSR count).